The van der Waals surface area contributed by atoms with E-state index < -0.39 is 30.1 Å². The number of carbonyl (C=O) groups excluding carboxylic acids is 2. The molecule has 84 valence electrons. The van der Waals surface area contributed by atoms with Crippen LogP contribution in [0.4, 0.5) is 0 Å². The molecule has 1 fully saturated rings. The molecular weight excluding hydrogens is 204 g/mol. The number of carbonyl (C=O) groups is 3. The molecule has 2 unspecified atom stereocenters. The summed E-state index contributed by atoms with van der Waals surface area (Å²) in [6.07, 6.45) is -1.48. The zero-order valence-electron chi connectivity index (χ0n) is 8.10. The maximum absolute atomic E-state index is 11.2. The number of ether oxygens (including phenoxy) is 1. The average Bonchev–Trinajstić information content (AvgIpc) is 2.92. The van der Waals surface area contributed by atoms with Crippen molar-refractivity contribution < 1.29 is 24.2 Å². The zero-order chi connectivity index (χ0) is 11.6. The first kappa shape index (κ1) is 11.6. The van der Waals surface area contributed by atoms with E-state index in [1.807, 2.05) is 0 Å². The summed E-state index contributed by atoms with van der Waals surface area (Å²) in [6, 6.07) is -1.15. The Morgan fingerprint density at radius 1 is 1.47 bits per heavy atom. The van der Waals surface area contributed by atoms with Gasteiger partial charge in [0.1, 0.15) is 6.04 Å². The van der Waals surface area contributed by atoms with Crippen molar-refractivity contribution in [2.45, 2.75) is 25.2 Å². The molecule has 0 aromatic rings. The molecule has 0 aromatic carbocycles. The lowest BCUT2D eigenvalue weighted by Crippen LogP contribution is -2.44. The third kappa shape index (κ3) is 3.00. The summed E-state index contributed by atoms with van der Waals surface area (Å²) in [4.78, 5) is 32.3. The van der Waals surface area contributed by atoms with Gasteiger partial charge in [-0.2, -0.15) is 0 Å². The molecule has 15 heavy (non-hydrogen) atoms. The normalized spacial score (nSPS) is 25.5. The molecule has 1 heterocycles. The van der Waals surface area contributed by atoms with Crippen molar-refractivity contribution in [3.63, 3.8) is 0 Å². The van der Waals surface area contributed by atoms with Gasteiger partial charge >= 0.3 is 5.97 Å². The lowest BCUT2D eigenvalue weighted by Gasteiger charge is -2.06. The Bertz CT molecular complexity index is 303. The van der Waals surface area contributed by atoms with E-state index in [0.29, 0.717) is 0 Å². The lowest BCUT2D eigenvalue weighted by molar-refractivity contribution is -0.138. The van der Waals surface area contributed by atoms with Crippen molar-refractivity contribution in [3.05, 3.63) is 0 Å². The molecule has 1 amide bonds. The number of amides is 1. The summed E-state index contributed by atoms with van der Waals surface area (Å²) in [6.45, 7) is 1.14. The Morgan fingerprint density at radius 3 is 2.47 bits per heavy atom. The number of Topliss-reactive ketones (excluding diaryl/α,β-unsaturated/α-hetero) is 1. The molecule has 1 saturated heterocycles. The number of aliphatic carboxylic acids is 1. The van der Waals surface area contributed by atoms with E-state index in [-0.39, 0.29) is 12.3 Å². The number of rotatable bonds is 5. The van der Waals surface area contributed by atoms with Crippen LogP contribution in [0, 0.1) is 0 Å². The quantitative estimate of drug-likeness (QED) is 0.451. The number of carboxylic acid groups (broad SMARTS) is 1. The number of nitrogens with two attached hydrogens (primary N) is 1. The molecule has 1 rings (SSSR count). The molecule has 0 radical (unpaired) electrons. The van der Waals surface area contributed by atoms with Crippen LogP contribution in [0.25, 0.3) is 0 Å². The summed E-state index contributed by atoms with van der Waals surface area (Å²) in [5.74, 6) is -1.93. The molecular formula is C8H12N2O5. The number of hydrogen-bond acceptors (Lipinski definition) is 5. The molecule has 7 heteroatoms. The third-order valence-corrected chi connectivity index (χ3v) is 1.96. The second-order valence-corrected chi connectivity index (χ2v) is 3.28. The largest absolute Gasteiger partial charge is 0.480 e. The molecule has 1 aliphatic heterocycles. The fourth-order valence-corrected chi connectivity index (χ4v) is 1.02. The van der Waals surface area contributed by atoms with E-state index >= 15 is 0 Å². The van der Waals surface area contributed by atoms with Crippen LogP contribution >= 0.6 is 0 Å². The van der Waals surface area contributed by atoms with Gasteiger partial charge in [0.15, 0.2) is 18.0 Å². The standard InChI is InChI=1S/C8H12N2O5/c1-3(11)5-6(15-5)7(12)10-2-4(9)8(13)14/h4-6H,2,9H2,1H3,(H,10,12)(H,13,14)/t4-,5?,6?/m0/s1. The topological polar surface area (TPSA) is 122 Å². The first-order valence-electron chi connectivity index (χ1n) is 4.35. The second kappa shape index (κ2) is 4.37. The monoisotopic (exact) mass is 216 g/mol. The van der Waals surface area contributed by atoms with Crippen LogP contribution in [-0.4, -0.2) is 47.6 Å². The Kier molecular flexibility index (Phi) is 3.38. The Balaban J connectivity index is 2.27. The average molecular weight is 216 g/mol. The van der Waals surface area contributed by atoms with Gasteiger partial charge in [-0.05, 0) is 6.92 Å². The van der Waals surface area contributed by atoms with Crippen LogP contribution in [0.15, 0.2) is 0 Å². The van der Waals surface area contributed by atoms with E-state index in [1.165, 1.54) is 6.92 Å². The first-order chi connectivity index (χ1) is 6.93. The van der Waals surface area contributed by atoms with Gasteiger partial charge in [-0.1, -0.05) is 0 Å². The predicted octanol–water partition coefficient (Wildman–Crippen LogP) is -2.13. The lowest BCUT2D eigenvalue weighted by atomic mass is 10.2. The third-order valence-electron chi connectivity index (χ3n) is 1.96. The Labute approximate surface area is 85.6 Å². The van der Waals surface area contributed by atoms with E-state index in [2.05, 4.69) is 5.32 Å². The summed E-state index contributed by atoms with van der Waals surface area (Å²) < 4.78 is 4.78. The number of nitrogens with one attached hydrogen (secondary N) is 1. The van der Waals surface area contributed by atoms with Gasteiger partial charge in [0.25, 0.3) is 5.91 Å². The van der Waals surface area contributed by atoms with Crippen LogP contribution in [0.5, 0.6) is 0 Å². The molecule has 0 bridgehead atoms. The summed E-state index contributed by atoms with van der Waals surface area (Å²) >= 11 is 0. The molecule has 0 aliphatic carbocycles. The highest BCUT2D eigenvalue weighted by atomic mass is 16.6. The smallest absolute Gasteiger partial charge is 0.322 e. The molecule has 0 saturated carbocycles. The SMILES string of the molecule is CC(=O)C1OC1C(=O)NC[C@H](N)C(=O)O. The zero-order valence-corrected chi connectivity index (χ0v) is 8.10. The second-order valence-electron chi connectivity index (χ2n) is 3.28. The fourth-order valence-electron chi connectivity index (χ4n) is 1.02. The minimum atomic E-state index is -1.20. The van der Waals surface area contributed by atoms with E-state index in [4.69, 9.17) is 15.6 Å². The number of carboxylic acids is 1. The van der Waals surface area contributed by atoms with Crippen molar-refractivity contribution >= 4 is 17.7 Å². The molecule has 1 aliphatic rings. The molecule has 7 nitrogen and oxygen atoms in total. The van der Waals surface area contributed by atoms with Crippen LogP contribution in [-0.2, 0) is 19.1 Å². The van der Waals surface area contributed by atoms with Gasteiger partial charge in [0, 0.05) is 6.54 Å². The van der Waals surface area contributed by atoms with Crippen molar-refractivity contribution in [1.29, 1.82) is 0 Å². The predicted molar refractivity (Wildman–Crippen MR) is 48.0 cm³/mol. The fraction of sp³-hybridized carbons (Fsp3) is 0.625. The summed E-state index contributed by atoms with van der Waals surface area (Å²) in [5.41, 5.74) is 5.16. The van der Waals surface area contributed by atoms with E-state index in [9.17, 15) is 14.4 Å². The minimum absolute atomic E-state index is 0.182. The van der Waals surface area contributed by atoms with Crippen molar-refractivity contribution in [2.24, 2.45) is 5.73 Å². The summed E-state index contributed by atoms with van der Waals surface area (Å²) in [5, 5.41) is 10.7. The van der Waals surface area contributed by atoms with Crippen LogP contribution in [0.1, 0.15) is 6.92 Å². The molecule has 0 aromatic heterocycles. The highest BCUT2D eigenvalue weighted by molar-refractivity contribution is 5.95. The van der Waals surface area contributed by atoms with Gasteiger partial charge in [-0.15, -0.1) is 0 Å². The van der Waals surface area contributed by atoms with Gasteiger partial charge < -0.3 is 20.9 Å². The Hall–Kier alpha value is -1.47. The Morgan fingerprint density at radius 2 is 2.07 bits per heavy atom. The minimum Gasteiger partial charge on any atom is -0.480 e. The number of epoxide rings is 1. The van der Waals surface area contributed by atoms with Crippen molar-refractivity contribution in [2.75, 3.05) is 6.54 Å². The highest BCUT2D eigenvalue weighted by Gasteiger charge is 2.48. The van der Waals surface area contributed by atoms with Gasteiger partial charge in [-0.25, -0.2) is 0 Å². The maximum atomic E-state index is 11.2. The van der Waals surface area contributed by atoms with E-state index in [0.717, 1.165) is 0 Å². The van der Waals surface area contributed by atoms with Crippen molar-refractivity contribution in [1.82, 2.24) is 5.32 Å². The van der Waals surface area contributed by atoms with Gasteiger partial charge in [-0.3, -0.25) is 14.4 Å². The number of ketones is 1. The first-order valence-corrected chi connectivity index (χ1v) is 4.35. The van der Waals surface area contributed by atoms with Crippen LogP contribution < -0.4 is 11.1 Å². The van der Waals surface area contributed by atoms with Crippen LogP contribution in [0.3, 0.4) is 0 Å². The van der Waals surface area contributed by atoms with Crippen molar-refractivity contribution in [3.8, 4) is 0 Å². The number of hydrogen-bond donors (Lipinski definition) is 3. The van der Waals surface area contributed by atoms with Gasteiger partial charge in [0.2, 0.25) is 0 Å². The molecule has 3 atom stereocenters. The van der Waals surface area contributed by atoms with Crippen LogP contribution in [0.2, 0.25) is 0 Å². The van der Waals surface area contributed by atoms with Gasteiger partial charge in [0.05, 0.1) is 0 Å². The summed E-state index contributed by atoms with van der Waals surface area (Å²) in [7, 11) is 0. The maximum Gasteiger partial charge on any atom is 0.322 e. The highest BCUT2D eigenvalue weighted by Crippen LogP contribution is 2.22. The molecule has 4 N–H and O–H groups in total. The van der Waals surface area contributed by atoms with E-state index in [1.54, 1.807) is 0 Å². The molecule has 0 spiro atoms.